The molecule has 7 nitrogen and oxygen atoms in total. The zero-order chi connectivity index (χ0) is 20.9. The van der Waals surface area contributed by atoms with Crippen molar-refractivity contribution in [1.29, 1.82) is 0 Å². The normalized spacial score (nSPS) is 18.6. The maximum absolute atomic E-state index is 13.0. The van der Waals surface area contributed by atoms with Gasteiger partial charge in [-0.05, 0) is 44.0 Å². The third kappa shape index (κ3) is 3.03. The molecule has 0 bridgehead atoms. The molecule has 0 radical (unpaired) electrons. The van der Waals surface area contributed by atoms with Crippen LogP contribution < -0.4 is 4.90 Å². The van der Waals surface area contributed by atoms with Gasteiger partial charge in [-0.1, -0.05) is 28.9 Å². The van der Waals surface area contributed by atoms with Gasteiger partial charge in [-0.15, -0.1) is 0 Å². The number of benzene rings is 1. The Balaban J connectivity index is 1.99. The largest absolute Gasteiger partial charge is 0.507 e. The number of aliphatic hydroxyl groups excluding tert-OH is 1. The van der Waals surface area contributed by atoms with Crippen LogP contribution in [0, 0.1) is 20.8 Å². The Kier molecular flexibility index (Phi) is 4.55. The van der Waals surface area contributed by atoms with Crippen molar-refractivity contribution in [3.63, 3.8) is 0 Å². The maximum Gasteiger partial charge on any atom is 0.301 e. The van der Waals surface area contributed by atoms with E-state index in [1.807, 2.05) is 6.92 Å². The standard InChI is InChI=1S/C21H18ClN3O4/c1-10-9-23-12(3)16(10)19(26)17-18(13-5-4-6-14(22)8-13)25(21(28)20(17)27)15-7-11(2)29-24-15/h4-9,18,23,26H,1-3H3/b19-17+. The minimum atomic E-state index is -0.896. The number of halogens is 1. The fourth-order valence-electron chi connectivity index (χ4n) is 3.68. The highest BCUT2D eigenvalue weighted by molar-refractivity contribution is 6.51. The van der Waals surface area contributed by atoms with Gasteiger partial charge in [0, 0.05) is 28.5 Å². The van der Waals surface area contributed by atoms with Crippen molar-refractivity contribution >= 4 is 34.9 Å². The zero-order valence-corrected chi connectivity index (χ0v) is 16.7. The number of rotatable bonds is 3. The fourth-order valence-corrected chi connectivity index (χ4v) is 3.88. The third-order valence-corrected chi connectivity index (χ3v) is 5.22. The predicted octanol–water partition coefficient (Wildman–Crippen LogP) is 4.21. The number of ketones is 1. The van der Waals surface area contributed by atoms with Crippen LogP contribution in [0.1, 0.15) is 34.2 Å². The summed E-state index contributed by atoms with van der Waals surface area (Å²) in [7, 11) is 0. The van der Waals surface area contributed by atoms with Crippen LogP contribution >= 0.6 is 11.6 Å². The average molecular weight is 412 g/mol. The second-order valence-corrected chi connectivity index (χ2v) is 7.43. The van der Waals surface area contributed by atoms with Crippen LogP contribution in [0.3, 0.4) is 0 Å². The molecule has 3 heterocycles. The van der Waals surface area contributed by atoms with E-state index in [4.69, 9.17) is 16.1 Å². The minimum Gasteiger partial charge on any atom is -0.507 e. The number of carbonyl (C=O) groups excluding carboxylic acids is 2. The lowest BCUT2D eigenvalue weighted by Gasteiger charge is -2.23. The van der Waals surface area contributed by atoms with E-state index in [0.717, 1.165) is 5.56 Å². The Morgan fingerprint density at radius 2 is 2.00 bits per heavy atom. The van der Waals surface area contributed by atoms with Crippen LogP contribution in [0.15, 0.2) is 46.6 Å². The van der Waals surface area contributed by atoms with E-state index in [1.165, 1.54) is 4.90 Å². The summed E-state index contributed by atoms with van der Waals surface area (Å²) < 4.78 is 5.11. The molecule has 29 heavy (non-hydrogen) atoms. The minimum absolute atomic E-state index is 0.0243. The molecule has 1 saturated heterocycles. The summed E-state index contributed by atoms with van der Waals surface area (Å²) in [5.74, 6) is -1.16. The van der Waals surface area contributed by atoms with Crippen LogP contribution in [-0.2, 0) is 9.59 Å². The first-order chi connectivity index (χ1) is 13.8. The molecule has 8 heteroatoms. The number of hydrogen-bond acceptors (Lipinski definition) is 5. The van der Waals surface area contributed by atoms with Gasteiger partial charge in [-0.25, -0.2) is 0 Å². The van der Waals surface area contributed by atoms with E-state index in [2.05, 4.69) is 10.1 Å². The summed E-state index contributed by atoms with van der Waals surface area (Å²) in [4.78, 5) is 30.2. The number of amides is 1. The molecular formula is C21H18ClN3O4. The highest BCUT2D eigenvalue weighted by atomic mass is 35.5. The first-order valence-corrected chi connectivity index (χ1v) is 9.32. The van der Waals surface area contributed by atoms with Gasteiger partial charge in [0.1, 0.15) is 11.5 Å². The summed E-state index contributed by atoms with van der Waals surface area (Å²) in [6.07, 6.45) is 1.73. The Morgan fingerprint density at radius 3 is 2.59 bits per heavy atom. The molecular weight excluding hydrogens is 394 g/mol. The number of aryl methyl sites for hydroxylation is 3. The number of Topliss-reactive ketones (excluding diaryl/α,β-unsaturated/α-hetero) is 1. The van der Waals surface area contributed by atoms with Crippen molar-refractivity contribution in [3.8, 4) is 0 Å². The lowest BCUT2D eigenvalue weighted by molar-refractivity contribution is -0.132. The molecule has 0 aliphatic carbocycles. The van der Waals surface area contributed by atoms with Gasteiger partial charge in [0.25, 0.3) is 5.78 Å². The van der Waals surface area contributed by atoms with E-state index in [1.54, 1.807) is 50.4 Å². The number of aromatic nitrogens is 2. The Labute approximate surface area is 171 Å². The zero-order valence-electron chi connectivity index (χ0n) is 16.0. The Hall–Kier alpha value is -3.32. The SMILES string of the molecule is Cc1cc(N2C(=O)C(=O)/C(=C(/O)c3c(C)c[nH]c3C)C2c2cccc(Cl)c2)no1. The van der Waals surface area contributed by atoms with Crippen LogP contribution in [0.4, 0.5) is 5.82 Å². The lowest BCUT2D eigenvalue weighted by Crippen LogP contribution is -2.29. The molecule has 1 aliphatic rings. The molecule has 1 amide bonds. The lowest BCUT2D eigenvalue weighted by atomic mass is 9.94. The maximum atomic E-state index is 13.0. The molecule has 2 N–H and O–H groups in total. The summed E-state index contributed by atoms with van der Waals surface area (Å²) >= 11 is 6.17. The van der Waals surface area contributed by atoms with Crippen molar-refractivity contribution < 1.29 is 19.2 Å². The number of nitrogens with zero attached hydrogens (tertiary/aromatic N) is 2. The van der Waals surface area contributed by atoms with Crippen LogP contribution in [0.25, 0.3) is 5.76 Å². The smallest absolute Gasteiger partial charge is 0.301 e. The van der Waals surface area contributed by atoms with Crippen molar-refractivity contribution in [2.75, 3.05) is 4.90 Å². The molecule has 1 aliphatic heterocycles. The number of nitrogens with one attached hydrogen (secondary N) is 1. The van der Waals surface area contributed by atoms with Gasteiger partial charge in [0.2, 0.25) is 0 Å². The van der Waals surface area contributed by atoms with Gasteiger partial charge in [0.15, 0.2) is 5.82 Å². The summed E-state index contributed by atoms with van der Waals surface area (Å²) in [5.41, 5.74) is 2.49. The Morgan fingerprint density at radius 1 is 1.24 bits per heavy atom. The summed E-state index contributed by atoms with van der Waals surface area (Å²) in [6.45, 7) is 5.28. The first-order valence-electron chi connectivity index (χ1n) is 8.94. The highest BCUT2D eigenvalue weighted by Gasteiger charge is 2.48. The van der Waals surface area contributed by atoms with E-state index < -0.39 is 17.7 Å². The number of aliphatic hydroxyl groups is 1. The number of carbonyl (C=O) groups is 2. The quantitative estimate of drug-likeness (QED) is 0.382. The summed E-state index contributed by atoms with van der Waals surface area (Å²) in [5, 5.41) is 15.5. The third-order valence-electron chi connectivity index (χ3n) is 4.98. The average Bonchev–Trinajstić information content (AvgIpc) is 3.32. The number of hydrogen-bond donors (Lipinski definition) is 2. The van der Waals surface area contributed by atoms with Crippen molar-refractivity contribution in [1.82, 2.24) is 10.1 Å². The number of anilines is 1. The van der Waals surface area contributed by atoms with Gasteiger partial charge in [-0.2, -0.15) is 0 Å². The monoisotopic (exact) mass is 411 g/mol. The number of aromatic amines is 1. The molecule has 0 spiro atoms. The van der Waals surface area contributed by atoms with Crippen LogP contribution in [-0.4, -0.2) is 26.9 Å². The molecule has 3 aromatic rings. The molecule has 1 fully saturated rings. The van der Waals surface area contributed by atoms with Crippen molar-refractivity contribution in [3.05, 3.63) is 75.3 Å². The van der Waals surface area contributed by atoms with E-state index >= 15 is 0 Å². The molecule has 1 atom stereocenters. The van der Waals surface area contributed by atoms with E-state index in [9.17, 15) is 14.7 Å². The van der Waals surface area contributed by atoms with Gasteiger partial charge in [-0.3, -0.25) is 14.5 Å². The van der Waals surface area contributed by atoms with Gasteiger partial charge >= 0.3 is 5.91 Å². The van der Waals surface area contributed by atoms with E-state index in [-0.39, 0.29) is 17.2 Å². The number of H-pyrrole nitrogens is 1. The molecule has 2 aromatic heterocycles. The first kappa shape index (κ1) is 19.0. The van der Waals surface area contributed by atoms with E-state index in [0.29, 0.717) is 27.6 Å². The van der Waals surface area contributed by atoms with Gasteiger partial charge < -0.3 is 14.6 Å². The van der Waals surface area contributed by atoms with Crippen LogP contribution in [0.2, 0.25) is 5.02 Å². The predicted molar refractivity (Wildman–Crippen MR) is 108 cm³/mol. The summed E-state index contributed by atoms with van der Waals surface area (Å²) in [6, 6.07) is 7.48. The molecule has 0 saturated carbocycles. The van der Waals surface area contributed by atoms with Crippen LogP contribution in [0.5, 0.6) is 0 Å². The van der Waals surface area contributed by atoms with Crippen molar-refractivity contribution in [2.24, 2.45) is 0 Å². The Bertz CT molecular complexity index is 1150. The van der Waals surface area contributed by atoms with Crippen molar-refractivity contribution in [2.45, 2.75) is 26.8 Å². The van der Waals surface area contributed by atoms with Gasteiger partial charge in [0.05, 0.1) is 11.6 Å². The second kappa shape index (κ2) is 6.93. The highest BCUT2D eigenvalue weighted by Crippen LogP contribution is 2.43. The molecule has 1 aromatic carbocycles. The molecule has 148 valence electrons. The topological polar surface area (TPSA) is 99.4 Å². The molecule has 1 unspecified atom stereocenters. The fraction of sp³-hybridized carbons (Fsp3) is 0.190. The molecule has 4 rings (SSSR count). The second-order valence-electron chi connectivity index (χ2n) is 6.99.